The van der Waals surface area contributed by atoms with E-state index in [1.807, 2.05) is 12.1 Å². The Balaban J connectivity index is 1.55. The first kappa shape index (κ1) is 27.5. The molecule has 4 aromatic rings. The average Bonchev–Trinajstić information content (AvgIpc) is 2.92. The molecule has 0 saturated heterocycles. The largest absolute Gasteiger partial charge is 0.487 e. The molecule has 200 valence electrons. The van der Waals surface area contributed by atoms with Crippen LogP contribution in [0, 0.1) is 10.1 Å². The average molecular weight is 675 g/mol. The fourth-order valence-corrected chi connectivity index (χ4v) is 6.08. The molecule has 0 amide bonds. The van der Waals surface area contributed by atoms with Crippen molar-refractivity contribution in [1.29, 1.82) is 0 Å². The molecule has 0 atom stereocenters. The van der Waals surface area contributed by atoms with Crippen LogP contribution in [0.5, 0.6) is 5.75 Å². The van der Waals surface area contributed by atoms with Gasteiger partial charge >= 0.3 is 0 Å². The number of non-ortho nitro benzene ring substituents is 1. The third kappa shape index (κ3) is 6.23. The minimum Gasteiger partial charge on any atom is -0.487 e. The van der Waals surface area contributed by atoms with Gasteiger partial charge in [0.15, 0.2) is 0 Å². The molecular formula is C28H23Br2ClN4O4. The Hall–Kier alpha value is -3.08. The molecule has 0 spiro atoms. The number of rotatable bonds is 7. The second-order valence-corrected chi connectivity index (χ2v) is 11.6. The lowest BCUT2D eigenvalue weighted by Gasteiger charge is -2.22. The highest BCUT2D eigenvalue weighted by Crippen LogP contribution is 2.34. The van der Waals surface area contributed by atoms with Crippen LogP contribution in [0.1, 0.15) is 55.0 Å². The second-order valence-electron chi connectivity index (χ2n) is 9.35. The number of hydrogen-bond donors (Lipinski definition) is 0. The van der Waals surface area contributed by atoms with E-state index in [9.17, 15) is 14.9 Å². The molecule has 0 radical (unpaired) electrons. The van der Waals surface area contributed by atoms with E-state index in [-0.39, 0.29) is 23.8 Å². The van der Waals surface area contributed by atoms with E-state index in [0.717, 1.165) is 30.2 Å². The highest BCUT2D eigenvalue weighted by molar-refractivity contribution is 9.10. The topological polar surface area (TPSA) is 99.6 Å². The zero-order valence-corrected chi connectivity index (χ0v) is 24.6. The third-order valence-corrected chi connectivity index (χ3v) is 7.96. The van der Waals surface area contributed by atoms with Gasteiger partial charge in [-0.15, -0.1) is 0 Å². The number of nitro benzene ring substituents is 1. The van der Waals surface area contributed by atoms with Crippen LogP contribution >= 0.6 is 43.5 Å². The maximum Gasteiger partial charge on any atom is 0.282 e. The molecule has 1 fully saturated rings. The molecule has 1 aliphatic rings. The van der Waals surface area contributed by atoms with Crippen molar-refractivity contribution in [3.05, 3.63) is 106 Å². The number of ether oxygens (including phenoxy) is 1. The van der Waals surface area contributed by atoms with Crippen molar-refractivity contribution in [3.63, 3.8) is 0 Å². The van der Waals surface area contributed by atoms with E-state index in [2.05, 4.69) is 37.0 Å². The van der Waals surface area contributed by atoms with Crippen LogP contribution in [0.2, 0.25) is 5.02 Å². The summed E-state index contributed by atoms with van der Waals surface area (Å²) in [7, 11) is 0. The van der Waals surface area contributed by atoms with E-state index in [1.54, 1.807) is 36.5 Å². The number of hydrogen-bond acceptors (Lipinski definition) is 6. The Bertz CT molecular complexity index is 1650. The first-order valence-electron chi connectivity index (χ1n) is 12.4. The Kier molecular flexibility index (Phi) is 8.44. The van der Waals surface area contributed by atoms with Crippen LogP contribution < -0.4 is 10.3 Å². The Morgan fingerprint density at radius 1 is 1.13 bits per heavy atom. The fourth-order valence-electron chi connectivity index (χ4n) is 4.77. The lowest BCUT2D eigenvalue weighted by molar-refractivity contribution is -0.384. The molecule has 1 heterocycles. The van der Waals surface area contributed by atoms with Crippen LogP contribution in [-0.2, 0) is 6.61 Å². The van der Waals surface area contributed by atoms with E-state index in [0.29, 0.717) is 43.1 Å². The predicted octanol–water partition coefficient (Wildman–Crippen LogP) is 7.99. The van der Waals surface area contributed by atoms with Gasteiger partial charge in [0.2, 0.25) is 0 Å². The molecule has 1 aromatic heterocycles. The molecule has 0 unspecified atom stereocenters. The smallest absolute Gasteiger partial charge is 0.282 e. The lowest BCUT2D eigenvalue weighted by atomic mass is 9.88. The van der Waals surface area contributed by atoms with Crippen LogP contribution in [0.4, 0.5) is 5.69 Å². The van der Waals surface area contributed by atoms with E-state index >= 15 is 0 Å². The SMILES string of the molecule is O=c1c2cc(Br)ccc2nc(C2CCCCC2)n1N=Cc1cc(Cl)cc(Br)c1OCc1cccc([N+](=O)[O-])c1. The molecule has 1 aliphatic carbocycles. The zero-order valence-electron chi connectivity index (χ0n) is 20.6. The highest BCUT2D eigenvalue weighted by atomic mass is 79.9. The molecule has 0 bridgehead atoms. The zero-order chi connectivity index (χ0) is 27.5. The fraction of sp³-hybridized carbons (Fsp3) is 0.250. The minimum atomic E-state index is -0.447. The number of benzene rings is 3. The van der Waals surface area contributed by atoms with Gasteiger partial charge < -0.3 is 4.74 Å². The lowest BCUT2D eigenvalue weighted by Crippen LogP contribution is -2.25. The summed E-state index contributed by atoms with van der Waals surface area (Å²) in [4.78, 5) is 29.2. The molecule has 0 aliphatic heterocycles. The van der Waals surface area contributed by atoms with Gasteiger partial charge in [-0.25, -0.2) is 4.98 Å². The van der Waals surface area contributed by atoms with Crippen molar-refractivity contribution in [2.24, 2.45) is 5.10 Å². The number of aromatic nitrogens is 2. The van der Waals surface area contributed by atoms with Gasteiger partial charge in [-0.05, 0) is 64.7 Å². The maximum absolute atomic E-state index is 13.6. The molecule has 3 aromatic carbocycles. The molecule has 1 saturated carbocycles. The molecule has 8 nitrogen and oxygen atoms in total. The van der Waals surface area contributed by atoms with Crippen LogP contribution in [0.3, 0.4) is 0 Å². The van der Waals surface area contributed by atoms with Crippen LogP contribution in [0.25, 0.3) is 10.9 Å². The van der Waals surface area contributed by atoms with Crippen molar-refractivity contribution < 1.29 is 9.66 Å². The number of halogens is 3. The summed E-state index contributed by atoms with van der Waals surface area (Å²) < 4.78 is 8.83. The summed E-state index contributed by atoms with van der Waals surface area (Å²) in [5.74, 6) is 1.22. The van der Waals surface area contributed by atoms with Crippen LogP contribution in [0.15, 0.2) is 73.4 Å². The summed E-state index contributed by atoms with van der Waals surface area (Å²) in [5, 5.41) is 16.7. The summed E-state index contributed by atoms with van der Waals surface area (Å²) in [6.07, 6.45) is 6.78. The molecular weight excluding hydrogens is 652 g/mol. The molecule has 39 heavy (non-hydrogen) atoms. The monoisotopic (exact) mass is 672 g/mol. The Morgan fingerprint density at radius 2 is 1.92 bits per heavy atom. The Morgan fingerprint density at radius 3 is 2.69 bits per heavy atom. The van der Waals surface area contributed by atoms with Gasteiger partial charge in [-0.1, -0.05) is 58.9 Å². The first-order chi connectivity index (χ1) is 18.8. The van der Waals surface area contributed by atoms with Gasteiger partial charge in [-0.2, -0.15) is 9.78 Å². The second kappa shape index (κ2) is 12.0. The molecule has 11 heteroatoms. The maximum atomic E-state index is 13.6. The van der Waals surface area contributed by atoms with E-state index < -0.39 is 4.92 Å². The summed E-state index contributed by atoms with van der Waals surface area (Å²) in [5.41, 5.74) is 1.54. The van der Waals surface area contributed by atoms with E-state index in [4.69, 9.17) is 21.3 Å². The van der Waals surface area contributed by atoms with Crippen molar-refractivity contribution >= 4 is 66.3 Å². The molecule has 0 N–H and O–H groups in total. The minimum absolute atomic E-state index is 0.0156. The third-order valence-electron chi connectivity index (χ3n) is 6.66. The number of nitro groups is 1. The summed E-state index contributed by atoms with van der Waals surface area (Å²) >= 11 is 13.3. The normalized spacial score (nSPS) is 14.2. The standard InChI is InChI=1S/C28H23Br2ClN4O4/c29-20-9-10-25-23(13-20)28(36)34(27(33-25)18-6-2-1-3-7-18)32-15-19-12-21(31)14-24(30)26(19)39-16-17-5-4-8-22(11-17)35(37)38/h4-5,8-15,18H,1-3,6-7,16H2. The quantitative estimate of drug-likeness (QED) is 0.112. The van der Waals surface area contributed by atoms with Crippen molar-refractivity contribution in [2.45, 2.75) is 44.6 Å². The van der Waals surface area contributed by atoms with Gasteiger partial charge in [0.05, 0.1) is 26.5 Å². The Labute approximate surface area is 246 Å². The van der Waals surface area contributed by atoms with Gasteiger partial charge in [0, 0.05) is 33.1 Å². The van der Waals surface area contributed by atoms with Crippen molar-refractivity contribution in [2.75, 3.05) is 0 Å². The first-order valence-corrected chi connectivity index (χ1v) is 14.4. The van der Waals surface area contributed by atoms with Crippen molar-refractivity contribution in [3.8, 4) is 5.75 Å². The van der Waals surface area contributed by atoms with Crippen molar-refractivity contribution in [1.82, 2.24) is 9.66 Å². The van der Waals surface area contributed by atoms with Gasteiger partial charge in [0.25, 0.3) is 11.2 Å². The van der Waals surface area contributed by atoms with Gasteiger partial charge in [-0.3, -0.25) is 14.9 Å². The van der Waals surface area contributed by atoms with Crippen LogP contribution in [-0.4, -0.2) is 20.8 Å². The molecule has 5 rings (SSSR count). The predicted molar refractivity (Wildman–Crippen MR) is 159 cm³/mol. The number of nitrogens with zero attached hydrogens (tertiary/aromatic N) is 4. The van der Waals surface area contributed by atoms with E-state index in [1.165, 1.54) is 23.2 Å². The number of fused-ring (bicyclic) bond motifs is 1. The summed E-state index contributed by atoms with van der Waals surface area (Å²) in [6, 6.07) is 15.1. The van der Waals surface area contributed by atoms with Gasteiger partial charge in [0.1, 0.15) is 18.2 Å². The highest BCUT2D eigenvalue weighted by Gasteiger charge is 2.23. The summed E-state index contributed by atoms with van der Waals surface area (Å²) in [6.45, 7) is 0.0849.